The van der Waals surface area contributed by atoms with E-state index in [2.05, 4.69) is 0 Å². The van der Waals surface area contributed by atoms with E-state index in [0.717, 1.165) is 36.6 Å². The molecule has 222 valence electrons. The molecule has 0 saturated heterocycles. The summed E-state index contributed by atoms with van der Waals surface area (Å²) in [6.45, 7) is 6.50. The van der Waals surface area contributed by atoms with Crippen LogP contribution in [0.1, 0.15) is 65.0 Å². The van der Waals surface area contributed by atoms with Gasteiger partial charge in [0, 0.05) is 42.9 Å². The molecule has 0 fully saturated rings. The minimum atomic E-state index is -1.24. The molecular weight excluding hydrogens is 536 g/mol. The van der Waals surface area contributed by atoms with E-state index < -0.39 is 35.7 Å². The number of carbonyl (C=O) groups is 2. The number of hydrogen-bond acceptors (Lipinski definition) is 6. The number of amides is 2. The Labute approximate surface area is 240 Å². The molecule has 0 aliphatic heterocycles. The number of aliphatic hydroxyl groups excluding tert-OH is 2. The monoisotopic (exact) mass is 579 g/mol. The number of nitrogens with two attached hydrogens (primary N) is 1. The minimum Gasteiger partial charge on any atom is -0.394 e. The fourth-order valence-electron chi connectivity index (χ4n) is 4.70. The Morgan fingerprint density at radius 2 is 1.55 bits per heavy atom. The van der Waals surface area contributed by atoms with Gasteiger partial charge in [-0.2, -0.15) is 11.8 Å². The summed E-state index contributed by atoms with van der Waals surface area (Å²) in [5.74, 6) is -1.42. The third kappa shape index (κ3) is 9.83. The molecule has 0 aliphatic rings. The number of rotatable bonds is 16. The Morgan fingerprint density at radius 1 is 0.975 bits per heavy atom. The van der Waals surface area contributed by atoms with E-state index in [0.29, 0.717) is 30.8 Å². The molecule has 40 heavy (non-hydrogen) atoms. The second-order valence-electron chi connectivity index (χ2n) is 10.2. The summed E-state index contributed by atoms with van der Waals surface area (Å²) in [6, 6.07) is 6.52. The Balaban J connectivity index is 2.37. The first kappa shape index (κ1) is 33.7. The average molecular weight is 580 g/mol. The normalized spacial score (nSPS) is 13.5. The standard InChI is InChI=1S/C30H43F2N3O4S/c1-5-8-34(9-6-2)29(38)22-11-20(3)12-23(16-22)30(39)35(26(19-36)7-10-40-4)18-28(37)27(33)15-21-13-24(31)17-25(32)14-21/h11-14,16-17,26-28,36-37H,5-10,15,18-19,33H2,1-4H3/t26?,27-,28+/m0/s1. The maximum absolute atomic E-state index is 13.9. The first-order valence-corrected chi connectivity index (χ1v) is 15.1. The van der Waals surface area contributed by atoms with Crippen molar-refractivity contribution in [2.75, 3.05) is 38.2 Å². The number of thioether (sulfide) groups is 1. The second-order valence-corrected chi connectivity index (χ2v) is 11.2. The molecule has 0 saturated carbocycles. The molecule has 0 aromatic heterocycles. The van der Waals surface area contributed by atoms with Gasteiger partial charge >= 0.3 is 0 Å². The quantitative estimate of drug-likeness (QED) is 0.277. The highest BCUT2D eigenvalue weighted by molar-refractivity contribution is 7.98. The van der Waals surface area contributed by atoms with Crippen molar-refractivity contribution in [2.24, 2.45) is 5.73 Å². The molecule has 3 atom stereocenters. The van der Waals surface area contributed by atoms with Crippen LogP contribution in [0.3, 0.4) is 0 Å². The second kappa shape index (κ2) is 16.7. The van der Waals surface area contributed by atoms with Crippen molar-refractivity contribution < 1.29 is 28.6 Å². The number of benzene rings is 2. The van der Waals surface area contributed by atoms with Gasteiger partial charge in [0.2, 0.25) is 0 Å². The Hall–Kier alpha value is -2.53. The van der Waals surface area contributed by atoms with Crippen LogP contribution in [0.5, 0.6) is 0 Å². The van der Waals surface area contributed by atoms with Gasteiger partial charge in [-0.15, -0.1) is 0 Å². The number of aryl methyl sites for hydroxylation is 1. The maximum atomic E-state index is 13.9. The zero-order valence-corrected chi connectivity index (χ0v) is 24.7. The lowest BCUT2D eigenvalue weighted by Gasteiger charge is -2.34. The first-order valence-electron chi connectivity index (χ1n) is 13.7. The van der Waals surface area contributed by atoms with Crippen molar-refractivity contribution in [3.63, 3.8) is 0 Å². The van der Waals surface area contributed by atoms with Gasteiger partial charge in [-0.3, -0.25) is 9.59 Å². The number of aliphatic hydroxyl groups is 2. The summed E-state index contributed by atoms with van der Waals surface area (Å²) in [6.07, 6.45) is 2.75. The van der Waals surface area contributed by atoms with Crippen molar-refractivity contribution in [1.29, 1.82) is 0 Å². The molecule has 2 amide bonds. The molecule has 2 aromatic carbocycles. The first-order chi connectivity index (χ1) is 19.0. The zero-order valence-electron chi connectivity index (χ0n) is 23.9. The van der Waals surface area contributed by atoms with Gasteiger partial charge in [0.05, 0.1) is 18.8 Å². The number of carbonyl (C=O) groups excluding carboxylic acids is 2. The highest BCUT2D eigenvalue weighted by Crippen LogP contribution is 2.20. The van der Waals surface area contributed by atoms with Gasteiger partial charge in [0.25, 0.3) is 11.8 Å². The summed E-state index contributed by atoms with van der Waals surface area (Å²) in [7, 11) is 0. The summed E-state index contributed by atoms with van der Waals surface area (Å²) in [5.41, 5.74) is 7.90. The lowest BCUT2D eigenvalue weighted by atomic mass is 9.99. The van der Waals surface area contributed by atoms with Crippen LogP contribution in [0, 0.1) is 18.6 Å². The average Bonchev–Trinajstić information content (AvgIpc) is 2.90. The molecule has 1 unspecified atom stereocenters. The predicted molar refractivity (Wildman–Crippen MR) is 157 cm³/mol. The van der Waals surface area contributed by atoms with Crippen LogP contribution in [-0.4, -0.2) is 88.3 Å². The van der Waals surface area contributed by atoms with Crippen LogP contribution in [0.4, 0.5) is 8.78 Å². The van der Waals surface area contributed by atoms with Gasteiger partial charge in [-0.05, 0) is 86.1 Å². The van der Waals surface area contributed by atoms with Crippen LogP contribution >= 0.6 is 11.8 Å². The number of halogens is 2. The van der Waals surface area contributed by atoms with Gasteiger partial charge in [0.15, 0.2) is 0 Å². The molecule has 4 N–H and O–H groups in total. The van der Waals surface area contributed by atoms with E-state index in [-0.39, 0.29) is 36.6 Å². The van der Waals surface area contributed by atoms with E-state index in [1.54, 1.807) is 34.9 Å². The van der Waals surface area contributed by atoms with E-state index in [9.17, 15) is 28.6 Å². The van der Waals surface area contributed by atoms with Crippen LogP contribution in [0.2, 0.25) is 0 Å². The van der Waals surface area contributed by atoms with Crippen molar-refractivity contribution in [1.82, 2.24) is 9.80 Å². The highest BCUT2D eigenvalue weighted by Gasteiger charge is 2.29. The Bertz CT molecular complexity index is 1090. The molecule has 0 heterocycles. The molecule has 0 aliphatic carbocycles. The van der Waals surface area contributed by atoms with Crippen molar-refractivity contribution in [3.05, 3.63) is 70.3 Å². The van der Waals surface area contributed by atoms with E-state index in [4.69, 9.17) is 5.73 Å². The summed E-state index contributed by atoms with van der Waals surface area (Å²) in [5, 5.41) is 21.2. The molecule has 0 radical (unpaired) electrons. The van der Waals surface area contributed by atoms with Crippen molar-refractivity contribution in [2.45, 2.75) is 64.6 Å². The van der Waals surface area contributed by atoms with Crippen LogP contribution < -0.4 is 5.73 Å². The molecule has 2 aromatic rings. The number of hydrogen-bond donors (Lipinski definition) is 3. The molecule has 2 rings (SSSR count). The Morgan fingerprint density at radius 3 is 2.08 bits per heavy atom. The number of nitrogens with zero attached hydrogens (tertiary/aromatic N) is 2. The highest BCUT2D eigenvalue weighted by atomic mass is 32.2. The molecular formula is C30H43F2N3O4S. The summed E-state index contributed by atoms with van der Waals surface area (Å²) in [4.78, 5) is 30.4. The smallest absolute Gasteiger partial charge is 0.254 e. The lowest BCUT2D eigenvalue weighted by molar-refractivity contribution is 0.0353. The van der Waals surface area contributed by atoms with E-state index in [1.807, 2.05) is 27.0 Å². The largest absolute Gasteiger partial charge is 0.394 e. The third-order valence-electron chi connectivity index (χ3n) is 6.68. The molecule has 0 spiro atoms. The van der Waals surface area contributed by atoms with Crippen LogP contribution in [0.15, 0.2) is 36.4 Å². The molecule has 7 nitrogen and oxygen atoms in total. The molecule has 10 heteroatoms. The van der Waals surface area contributed by atoms with E-state index >= 15 is 0 Å². The summed E-state index contributed by atoms with van der Waals surface area (Å²) < 4.78 is 27.3. The predicted octanol–water partition coefficient (Wildman–Crippen LogP) is 4.02. The van der Waals surface area contributed by atoms with Gasteiger partial charge in [0.1, 0.15) is 11.6 Å². The maximum Gasteiger partial charge on any atom is 0.254 e. The van der Waals surface area contributed by atoms with Crippen molar-refractivity contribution in [3.8, 4) is 0 Å². The zero-order chi connectivity index (χ0) is 29.8. The van der Waals surface area contributed by atoms with Crippen molar-refractivity contribution >= 4 is 23.6 Å². The third-order valence-corrected chi connectivity index (χ3v) is 7.33. The fourth-order valence-corrected chi connectivity index (χ4v) is 5.21. The van der Waals surface area contributed by atoms with Crippen LogP contribution in [-0.2, 0) is 6.42 Å². The molecule has 0 bridgehead atoms. The topological polar surface area (TPSA) is 107 Å². The van der Waals surface area contributed by atoms with Gasteiger partial charge < -0.3 is 25.7 Å². The van der Waals surface area contributed by atoms with Gasteiger partial charge in [-0.1, -0.05) is 13.8 Å². The Kier molecular flexibility index (Phi) is 14.0. The lowest BCUT2D eigenvalue weighted by Crippen LogP contribution is -2.51. The van der Waals surface area contributed by atoms with Gasteiger partial charge in [-0.25, -0.2) is 8.78 Å². The van der Waals surface area contributed by atoms with E-state index in [1.165, 1.54) is 4.90 Å². The summed E-state index contributed by atoms with van der Waals surface area (Å²) >= 11 is 1.56. The minimum absolute atomic E-state index is 0.0136. The fraction of sp³-hybridized carbons (Fsp3) is 0.533. The van der Waals surface area contributed by atoms with Crippen LogP contribution in [0.25, 0.3) is 0 Å². The SMILES string of the molecule is CCCN(CCC)C(=O)c1cc(C)cc(C(=O)N(C[C@@H](O)[C@@H](N)Cc2cc(F)cc(F)c2)C(CO)CCSC)c1.